The van der Waals surface area contributed by atoms with Gasteiger partial charge in [-0.15, -0.1) is 0 Å². The summed E-state index contributed by atoms with van der Waals surface area (Å²) in [5.74, 6) is 1.45. The fourth-order valence-electron chi connectivity index (χ4n) is 3.19. The summed E-state index contributed by atoms with van der Waals surface area (Å²) in [7, 11) is 1.77. The van der Waals surface area contributed by atoms with Gasteiger partial charge in [-0.2, -0.15) is 0 Å². The molecule has 1 heterocycles. The van der Waals surface area contributed by atoms with Crippen LogP contribution in [0.25, 0.3) is 0 Å². The minimum Gasteiger partial charge on any atom is -0.367 e. The molecule has 0 radical (unpaired) electrons. The highest BCUT2D eigenvalue weighted by atomic mass is 19.1. The molecule has 0 bridgehead atoms. The quantitative estimate of drug-likeness (QED) is 0.611. The Kier molecular flexibility index (Phi) is 6.13. The van der Waals surface area contributed by atoms with E-state index < -0.39 is 0 Å². The van der Waals surface area contributed by atoms with Crippen molar-refractivity contribution in [3.05, 3.63) is 29.6 Å². The van der Waals surface area contributed by atoms with Crippen LogP contribution in [-0.4, -0.2) is 57.2 Å². The first-order valence-electron chi connectivity index (χ1n) is 9.40. The van der Waals surface area contributed by atoms with Crippen LogP contribution in [0.3, 0.4) is 0 Å². The van der Waals surface area contributed by atoms with E-state index in [1.807, 2.05) is 12.1 Å². The maximum absolute atomic E-state index is 14.6. The summed E-state index contributed by atoms with van der Waals surface area (Å²) in [6.45, 7) is 8.56. The molecule has 1 aliphatic heterocycles. The van der Waals surface area contributed by atoms with Gasteiger partial charge >= 0.3 is 0 Å². The molecular weight excluding hydrogens is 317 g/mol. The molecule has 1 saturated heterocycles. The zero-order valence-electron chi connectivity index (χ0n) is 15.4. The van der Waals surface area contributed by atoms with Crippen molar-refractivity contribution in [2.45, 2.75) is 26.3 Å². The van der Waals surface area contributed by atoms with Crippen LogP contribution < -0.4 is 15.5 Å². The van der Waals surface area contributed by atoms with Gasteiger partial charge in [-0.3, -0.25) is 4.99 Å². The molecule has 2 aliphatic rings. The Hall–Kier alpha value is -1.82. The molecule has 2 N–H and O–H groups in total. The van der Waals surface area contributed by atoms with Gasteiger partial charge in [0.2, 0.25) is 0 Å². The number of halogens is 1. The van der Waals surface area contributed by atoms with Crippen molar-refractivity contribution < 1.29 is 4.39 Å². The van der Waals surface area contributed by atoms with Gasteiger partial charge in [0.1, 0.15) is 5.82 Å². The standard InChI is InChI=1S/C19H30FN5/c1-3-24-8-10-25(11-9-24)18-7-6-16(12-17(18)20)14-23-19(21-2)22-13-15-4-5-15/h6-7,12,15H,3-5,8-11,13-14H2,1-2H3,(H2,21,22,23). The van der Waals surface area contributed by atoms with Crippen LogP contribution >= 0.6 is 0 Å². The molecule has 1 saturated carbocycles. The number of guanidine groups is 1. The van der Waals surface area contributed by atoms with E-state index in [2.05, 4.69) is 32.3 Å². The monoisotopic (exact) mass is 347 g/mol. The molecule has 0 spiro atoms. The summed E-state index contributed by atoms with van der Waals surface area (Å²) in [4.78, 5) is 8.76. The lowest BCUT2D eigenvalue weighted by atomic mass is 10.1. The lowest BCUT2D eigenvalue weighted by Crippen LogP contribution is -2.46. The number of piperazine rings is 1. The first-order valence-corrected chi connectivity index (χ1v) is 9.40. The molecule has 0 atom stereocenters. The molecule has 25 heavy (non-hydrogen) atoms. The number of aliphatic imine (C=N–C) groups is 1. The highest BCUT2D eigenvalue weighted by Crippen LogP contribution is 2.27. The molecule has 1 aromatic carbocycles. The second-order valence-electron chi connectivity index (χ2n) is 6.96. The second kappa shape index (κ2) is 8.52. The first kappa shape index (κ1) is 18.0. The van der Waals surface area contributed by atoms with E-state index in [1.54, 1.807) is 13.1 Å². The van der Waals surface area contributed by atoms with Crippen molar-refractivity contribution >= 4 is 11.6 Å². The van der Waals surface area contributed by atoms with E-state index in [-0.39, 0.29) is 5.82 Å². The van der Waals surface area contributed by atoms with Gasteiger partial charge < -0.3 is 20.4 Å². The number of likely N-dealkylation sites (N-methyl/N-ethyl adjacent to an activating group) is 1. The van der Waals surface area contributed by atoms with Crippen LogP contribution in [0, 0.1) is 11.7 Å². The zero-order chi connectivity index (χ0) is 17.6. The van der Waals surface area contributed by atoms with Gasteiger partial charge in [0.05, 0.1) is 5.69 Å². The highest BCUT2D eigenvalue weighted by molar-refractivity contribution is 5.79. The molecule has 6 heteroatoms. The first-order chi connectivity index (χ1) is 12.2. The number of hydrogen-bond acceptors (Lipinski definition) is 3. The van der Waals surface area contributed by atoms with E-state index in [0.717, 1.165) is 62.4 Å². The van der Waals surface area contributed by atoms with Gasteiger partial charge in [0.15, 0.2) is 5.96 Å². The Morgan fingerprint density at radius 2 is 1.96 bits per heavy atom. The van der Waals surface area contributed by atoms with Crippen molar-refractivity contribution in [2.24, 2.45) is 10.9 Å². The summed E-state index contributed by atoms with van der Waals surface area (Å²) in [5, 5.41) is 6.58. The maximum Gasteiger partial charge on any atom is 0.191 e. The van der Waals surface area contributed by atoms with Crippen LogP contribution in [0.15, 0.2) is 23.2 Å². The van der Waals surface area contributed by atoms with Crippen molar-refractivity contribution in [1.82, 2.24) is 15.5 Å². The minimum atomic E-state index is -0.134. The number of nitrogens with zero attached hydrogens (tertiary/aromatic N) is 3. The Morgan fingerprint density at radius 3 is 2.56 bits per heavy atom. The van der Waals surface area contributed by atoms with Crippen molar-refractivity contribution in [2.75, 3.05) is 51.2 Å². The summed E-state index contributed by atoms with van der Waals surface area (Å²) in [6, 6.07) is 5.56. The van der Waals surface area contributed by atoms with Gasteiger partial charge in [-0.1, -0.05) is 13.0 Å². The lowest BCUT2D eigenvalue weighted by Gasteiger charge is -2.35. The Balaban J connectivity index is 1.52. The SMILES string of the molecule is CCN1CCN(c2ccc(CNC(=NC)NCC3CC3)cc2F)CC1. The van der Waals surface area contributed by atoms with Crippen LogP contribution in [0.5, 0.6) is 0 Å². The summed E-state index contributed by atoms with van der Waals surface area (Å²) >= 11 is 0. The normalized spacial score (nSPS) is 19.2. The fraction of sp³-hybridized carbons (Fsp3) is 0.632. The van der Waals surface area contributed by atoms with Crippen LogP contribution in [-0.2, 0) is 6.54 Å². The molecule has 5 nitrogen and oxygen atoms in total. The Bertz CT molecular complexity index is 591. The third kappa shape index (κ3) is 5.08. The van der Waals surface area contributed by atoms with E-state index >= 15 is 0 Å². The zero-order valence-corrected chi connectivity index (χ0v) is 15.4. The van der Waals surface area contributed by atoms with E-state index in [4.69, 9.17) is 0 Å². The van der Waals surface area contributed by atoms with Gasteiger partial charge in [0.25, 0.3) is 0 Å². The van der Waals surface area contributed by atoms with E-state index in [9.17, 15) is 4.39 Å². The molecule has 0 unspecified atom stereocenters. The highest BCUT2D eigenvalue weighted by Gasteiger charge is 2.21. The molecule has 138 valence electrons. The third-order valence-electron chi connectivity index (χ3n) is 5.11. The topological polar surface area (TPSA) is 42.9 Å². The predicted octanol–water partition coefficient (Wildman–Crippen LogP) is 2.04. The average Bonchev–Trinajstić information content (AvgIpc) is 3.46. The number of rotatable bonds is 6. The lowest BCUT2D eigenvalue weighted by molar-refractivity contribution is 0.270. The molecule has 1 aliphatic carbocycles. The van der Waals surface area contributed by atoms with E-state index in [1.165, 1.54) is 12.8 Å². The molecule has 2 fully saturated rings. The molecular formula is C19H30FN5. The molecule has 1 aromatic rings. The van der Waals surface area contributed by atoms with Crippen molar-refractivity contribution in [1.29, 1.82) is 0 Å². The number of benzene rings is 1. The van der Waals surface area contributed by atoms with Crippen molar-refractivity contribution in [3.63, 3.8) is 0 Å². The number of hydrogen-bond donors (Lipinski definition) is 2. The smallest absolute Gasteiger partial charge is 0.191 e. The Labute approximate surface area is 150 Å². The molecule has 0 aromatic heterocycles. The molecule has 0 amide bonds. The second-order valence-corrected chi connectivity index (χ2v) is 6.96. The summed E-state index contributed by atoms with van der Waals surface area (Å²) < 4.78 is 14.6. The largest absolute Gasteiger partial charge is 0.367 e. The average molecular weight is 347 g/mol. The van der Waals surface area contributed by atoms with Crippen LogP contribution in [0.1, 0.15) is 25.3 Å². The van der Waals surface area contributed by atoms with Gasteiger partial charge in [0, 0.05) is 46.3 Å². The predicted molar refractivity (Wildman–Crippen MR) is 102 cm³/mol. The summed E-state index contributed by atoms with van der Waals surface area (Å²) in [6.07, 6.45) is 2.62. The number of anilines is 1. The van der Waals surface area contributed by atoms with E-state index in [0.29, 0.717) is 6.54 Å². The Morgan fingerprint density at radius 1 is 1.20 bits per heavy atom. The van der Waals surface area contributed by atoms with Crippen molar-refractivity contribution in [3.8, 4) is 0 Å². The fourth-order valence-corrected chi connectivity index (χ4v) is 3.19. The maximum atomic E-state index is 14.6. The van der Waals surface area contributed by atoms with Crippen LogP contribution in [0.2, 0.25) is 0 Å². The third-order valence-corrected chi connectivity index (χ3v) is 5.11. The van der Waals surface area contributed by atoms with Gasteiger partial charge in [-0.25, -0.2) is 4.39 Å². The van der Waals surface area contributed by atoms with Gasteiger partial charge in [-0.05, 0) is 43.0 Å². The molecule has 3 rings (SSSR count). The number of nitrogens with one attached hydrogen (secondary N) is 2. The minimum absolute atomic E-state index is 0.134. The summed E-state index contributed by atoms with van der Waals surface area (Å²) in [5.41, 5.74) is 1.65. The van der Waals surface area contributed by atoms with Crippen LogP contribution in [0.4, 0.5) is 10.1 Å².